The van der Waals surface area contributed by atoms with Crippen molar-refractivity contribution in [1.29, 1.82) is 0 Å². The number of nitrogens with one attached hydrogen (secondary N) is 3. The van der Waals surface area contributed by atoms with Gasteiger partial charge in [0, 0.05) is 12.6 Å². The Morgan fingerprint density at radius 3 is 3.29 bits per heavy atom. The largest absolute Gasteiger partial charge is 0.345 e. The lowest BCUT2D eigenvalue weighted by molar-refractivity contribution is 0.550. The van der Waals surface area contributed by atoms with Gasteiger partial charge in [-0.2, -0.15) is 0 Å². The van der Waals surface area contributed by atoms with Crippen LogP contribution in [0.25, 0.3) is 11.0 Å². The maximum Gasteiger partial charge on any atom is 0.0931 e. The molecule has 2 aromatic rings. The third kappa shape index (κ3) is 2.48. The first-order valence-electron chi connectivity index (χ1n) is 6.28. The van der Waals surface area contributed by atoms with Gasteiger partial charge in [-0.15, -0.1) is 0 Å². The van der Waals surface area contributed by atoms with Crippen molar-refractivity contribution in [3.63, 3.8) is 0 Å². The highest BCUT2D eigenvalue weighted by Crippen LogP contribution is 2.11. The first kappa shape index (κ1) is 10.7. The number of fused-ring (bicyclic) bond motifs is 1. The van der Waals surface area contributed by atoms with Gasteiger partial charge >= 0.3 is 0 Å². The SMILES string of the molecule is c1nc2ccc(CCNC3CCNC3)cc2[nH]1. The minimum absolute atomic E-state index is 0.658. The average Bonchev–Trinajstić information content (AvgIpc) is 2.98. The lowest BCUT2D eigenvalue weighted by atomic mass is 10.1. The zero-order valence-corrected chi connectivity index (χ0v) is 9.87. The predicted octanol–water partition coefficient (Wildman–Crippen LogP) is 1.06. The molecular weight excluding hydrogens is 212 g/mol. The molecule has 1 aliphatic heterocycles. The van der Waals surface area contributed by atoms with Crippen molar-refractivity contribution >= 4 is 11.0 Å². The normalized spacial score (nSPS) is 20.1. The molecule has 4 nitrogen and oxygen atoms in total. The van der Waals surface area contributed by atoms with Gasteiger partial charge < -0.3 is 15.6 Å². The molecule has 1 fully saturated rings. The Morgan fingerprint density at radius 1 is 1.41 bits per heavy atom. The monoisotopic (exact) mass is 230 g/mol. The van der Waals surface area contributed by atoms with Gasteiger partial charge in [0.25, 0.3) is 0 Å². The Bertz CT molecular complexity index is 485. The van der Waals surface area contributed by atoms with Crippen LogP contribution in [0.2, 0.25) is 0 Å². The lowest BCUT2D eigenvalue weighted by Crippen LogP contribution is -2.32. The highest BCUT2D eigenvalue weighted by molar-refractivity contribution is 5.75. The van der Waals surface area contributed by atoms with Crippen LogP contribution >= 0.6 is 0 Å². The van der Waals surface area contributed by atoms with E-state index in [0.29, 0.717) is 6.04 Å². The van der Waals surface area contributed by atoms with Crippen LogP contribution in [-0.4, -0.2) is 35.6 Å². The van der Waals surface area contributed by atoms with Crippen molar-refractivity contribution in [2.75, 3.05) is 19.6 Å². The van der Waals surface area contributed by atoms with Gasteiger partial charge in [0.15, 0.2) is 0 Å². The number of benzene rings is 1. The summed E-state index contributed by atoms with van der Waals surface area (Å²) in [5, 5.41) is 6.95. The van der Waals surface area contributed by atoms with Gasteiger partial charge in [0.1, 0.15) is 0 Å². The first-order valence-corrected chi connectivity index (χ1v) is 6.28. The number of rotatable bonds is 4. The van der Waals surface area contributed by atoms with Crippen molar-refractivity contribution < 1.29 is 0 Å². The van der Waals surface area contributed by atoms with Crippen LogP contribution in [0, 0.1) is 0 Å². The number of nitrogens with zero attached hydrogens (tertiary/aromatic N) is 1. The van der Waals surface area contributed by atoms with Crippen LogP contribution in [0.1, 0.15) is 12.0 Å². The van der Waals surface area contributed by atoms with E-state index in [4.69, 9.17) is 0 Å². The van der Waals surface area contributed by atoms with Crippen molar-refractivity contribution in [3.05, 3.63) is 30.1 Å². The Kier molecular flexibility index (Phi) is 3.07. The molecule has 1 saturated heterocycles. The highest BCUT2D eigenvalue weighted by atomic mass is 15.0. The summed E-state index contributed by atoms with van der Waals surface area (Å²) < 4.78 is 0. The maximum atomic E-state index is 4.22. The van der Waals surface area contributed by atoms with Gasteiger partial charge in [0.2, 0.25) is 0 Å². The molecule has 3 rings (SSSR count). The second kappa shape index (κ2) is 4.85. The van der Waals surface area contributed by atoms with Gasteiger partial charge in [-0.25, -0.2) is 4.98 Å². The fourth-order valence-corrected chi connectivity index (χ4v) is 2.39. The molecule has 3 N–H and O–H groups in total. The van der Waals surface area contributed by atoms with E-state index in [1.54, 1.807) is 6.33 Å². The summed E-state index contributed by atoms with van der Waals surface area (Å²) >= 11 is 0. The number of imidazole rings is 1. The van der Waals surface area contributed by atoms with Gasteiger partial charge in [-0.1, -0.05) is 6.07 Å². The zero-order chi connectivity index (χ0) is 11.5. The Balaban J connectivity index is 1.56. The molecule has 0 aliphatic carbocycles. The molecule has 0 bridgehead atoms. The molecule has 1 atom stereocenters. The number of aromatic nitrogens is 2. The molecule has 2 heterocycles. The van der Waals surface area contributed by atoms with E-state index in [9.17, 15) is 0 Å². The van der Waals surface area contributed by atoms with Crippen LogP contribution < -0.4 is 10.6 Å². The third-order valence-electron chi connectivity index (χ3n) is 3.39. The van der Waals surface area contributed by atoms with E-state index in [2.05, 4.69) is 38.8 Å². The molecule has 17 heavy (non-hydrogen) atoms. The van der Waals surface area contributed by atoms with Crippen LogP contribution in [0.5, 0.6) is 0 Å². The average molecular weight is 230 g/mol. The summed E-state index contributed by atoms with van der Waals surface area (Å²) in [4.78, 5) is 7.37. The summed E-state index contributed by atoms with van der Waals surface area (Å²) in [5.74, 6) is 0. The number of hydrogen-bond donors (Lipinski definition) is 3. The van der Waals surface area contributed by atoms with E-state index in [-0.39, 0.29) is 0 Å². The van der Waals surface area contributed by atoms with Crippen molar-refractivity contribution in [2.45, 2.75) is 18.9 Å². The summed E-state index contributed by atoms with van der Waals surface area (Å²) in [7, 11) is 0. The van der Waals surface area contributed by atoms with Crippen LogP contribution in [0.4, 0.5) is 0 Å². The first-order chi connectivity index (χ1) is 8.42. The Morgan fingerprint density at radius 2 is 2.41 bits per heavy atom. The van der Waals surface area contributed by atoms with E-state index in [1.807, 2.05) is 0 Å². The van der Waals surface area contributed by atoms with Crippen molar-refractivity contribution in [1.82, 2.24) is 20.6 Å². The standard InChI is InChI=1S/C13H18N4/c1-2-12-13(17-9-16-12)7-10(1)3-6-15-11-4-5-14-8-11/h1-2,7,9,11,14-15H,3-6,8H2,(H,16,17). The Labute approximate surface area is 101 Å². The maximum absolute atomic E-state index is 4.22. The number of H-pyrrole nitrogens is 1. The molecule has 0 amide bonds. The molecule has 90 valence electrons. The van der Waals surface area contributed by atoms with Crippen LogP contribution in [-0.2, 0) is 6.42 Å². The smallest absolute Gasteiger partial charge is 0.0931 e. The second-order valence-corrected chi connectivity index (χ2v) is 4.65. The lowest BCUT2D eigenvalue weighted by Gasteiger charge is -2.10. The summed E-state index contributed by atoms with van der Waals surface area (Å²) in [5.41, 5.74) is 3.53. The van der Waals surface area contributed by atoms with Crippen LogP contribution in [0.15, 0.2) is 24.5 Å². The minimum Gasteiger partial charge on any atom is -0.345 e. The van der Waals surface area contributed by atoms with Gasteiger partial charge in [-0.3, -0.25) is 0 Å². The summed E-state index contributed by atoms with van der Waals surface area (Å²) in [6, 6.07) is 7.10. The van der Waals surface area contributed by atoms with E-state index >= 15 is 0 Å². The molecule has 0 radical (unpaired) electrons. The van der Waals surface area contributed by atoms with Crippen LogP contribution in [0.3, 0.4) is 0 Å². The molecule has 1 aromatic heterocycles. The molecule has 0 spiro atoms. The molecular formula is C13H18N4. The molecule has 1 unspecified atom stereocenters. The number of hydrogen-bond acceptors (Lipinski definition) is 3. The molecule has 4 heteroatoms. The van der Waals surface area contributed by atoms with Crippen molar-refractivity contribution in [2.24, 2.45) is 0 Å². The van der Waals surface area contributed by atoms with E-state index in [0.717, 1.165) is 37.1 Å². The highest BCUT2D eigenvalue weighted by Gasteiger charge is 2.12. The predicted molar refractivity (Wildman–Crippen MR) is 69.1 cm³/mol. The molecule has 1 aromatic carbocycles. The Hall–Kier alpha value is -1.39. The van der Waals surface area contributed by atoms with Crippen molar-refractivity contribution in [3.8, 4) is 0 Å². The van der Waals surface area contributed by atoms with Gasteiger partial charge in [0.05, 0.1) is 17.4 Å². The summed E-state index contributed by atoms with van der Waals surface area (Å²) in [6.45, 7) is 3.31. The minimum atomic E-state index is 0.658. The third-order valence-corrected chi connectivity index (χ3v) is 3.39. The van der Waals surface area contributed by atoms with Gasteiger partial charge in [-0.05, 0) is 43.6 Å². The second-order valence-electron chi connectivity index (χ2n) is 4.65. The molecule has 1 aliphatic rings. The summed E-state index contributed by atoms with van der Waals surface area (Å²) in [6.07, 6.45) is 4.07. The topological polar surface area (TPSA) is 52.7 Å². The fraction of sp³-hybridized carbons (Fsp3) is 0.462. The number of aromatic amines is 1. The molecule has 0 saturated carbocycles. The van der Waals surface area contributed by atoms with E-state index in [1.165, 1.54) is 12.0 Å². The van der Waals surface area contributed by atoms with E-state index < -0.39 is 0 Å². The quantitative estimate of drug-likeness (QED) is 0.736. The zero-order valence-electron chi connectivity index (χ0n) is 9.87. The fourth-order valence-electron chi connectivity index (χ4n) is 2.39.